The largest absolute Gasteiger partial charge is 0.323 e. The number of hydrogen-bond acceptors (Lipinski definition) is 5. The van der Waals surface area contributed by atoms with Crippen molar-refractivity contribution >= 4 is 11.0 Å². The Hall–Kier alpha value is -3.87. The van der Waals surface area contributed by atoms with Gasteiger partial charge in [-0.1, -0.05) is 43.3 Å². The Bertz CT molecular complexity index is 1370. The summed E-state index contributed by atoms with van der Waals surface area (Å²) < 4.78 is 4.02. The van der Waals surface area contributed by atoms with E-state index in [0.717, 1.165) is 47.5 Å². The molecule has 0 aliphatic carbocycles. The molecule has 7 heteroatoms. The van der Waals surface area contributed by atoms with Gasteiger partial charge < -0.3 is 4.57 Å². The molecule has 3 heterocycles. The Morgan fingerprint density at radius 2 is 1.75 bits per heavy atom. The Kier molecular flexibility index (Phi) is 5.23. The summed E-state index contributed by atoms with van der Waals surface area (Å²) in [5, 5.41) is 11.5. The van der Waals surface area contributed by atoms with Gasteiger partial charge in [-0.05, 0) is 59.0 Å². The molecule has 0 fully saturated rings. The van der Waals surface area contributed by atoms with Crippen molar-refractivity contribution in [2.45, 2.75) is 40.2 Å². The number of rotatable bonds is 6. The van der Waals surface area contributed by atoms with Crippen LogP contribution in [0.3, 0.4) is 0 Å². The first-order chi connectivity index (χ1) is 15.7. The minimum Gasteiger partial charge on any atom is -0.323 e. The van der Waals surface area contributed by atoms with E-state index in [9.17, 15) is 0 Å². The van der Waals surface area contributed by atoms with Crippen LogP contribution < -0.4 is 0 Å². The summed E-state index contributed by atoms with van der Waals surface area (Å²) in [6, 6.07) is 15.0. The van der Waals surface area contributed by atoms with E-state index in [1.807, 2.05) is 6.07 Å². The van der Waals surface area contributed by atoms with Crippen molar-refractivity contribution < 1.29 is 0 Å². The van der Waals surface area contributed by atoms with Gasteiger partial charge in [0, 0.05) is 24.7 Å². The molecule has 7 nitrogen and oxygen atoms in total. The molecule has 0 atom stereocenters. The van der Waals surface area contributed by atoms with Gasteiger partial charge in [-0.25, -0.2) is 4.98 Å². The number of pyridine rings is 1. The summed E-state index contributed by atoms with van der Waals surface area (Å²) >= 11 is 0. The minimum atomic E-state index is 0.798. The molecule has 0 unspecified atom stereocenters. The topological polar surface area (TPSA) is 74.3 Å². The van der Waals surface area contributed by atoms with Crippen molar-refractivity contribution in [1.29, 1.82) is 0 Å². The van der Waals surface area contributed by atoms with Gasteiger partial charge in [-0.15, -0.1) is 5.10 Å². The van der Waals surface area contributed by atoms with E-state index in [4.69, 9.17) is 4.98 Å². The first-order valence-electron chi connectivity index (χ1n) is 10.9. The van der Waals surface area contributed by atoms with Crippen LogP contribution in [0.15, 0.2) is 61.2 Å². The number of aromatic nitrogens is 7. The Balaban J connectivity index is 1.51. The normalized spacial score (nSPS) is 11.3. The predicted octanol–water partition coefficient (Wildman–Crippen LogP) is 4.69. The first kappa shape index (κ1) is 20.1. The summed E-state index contributed by atoms with van der Waals surface area (Å²) in [6.07, 6.45) is 7.19. The van der Waals surface area contributed by atoms with E-state index in [-0.39, 0.29) is 0 Å². The molecule has 0 amide bonds. The second-order valence-corrected chi connectivity index (χ2v) is 8.10. The number of benzene rings is 2. The average molecular weight is 424 g/mol. The zero-order valence-corrected chi connectivity index (χ0v) is 18.5. The molecular formula is C25H25N7. The summed E-state index contributed by atoms with van der Waals surface area (Å²) in [4.78, 5) is 9.24. The lowest BCUT2D eigenvalue weighted by atomic mass is 10.0. The number of fused-ring (bicyclic) bond motifs is 1. The maximum Gasteiger partial charge on any atom is 0.143 e. The number of hydrogen-bond donors (Lipinski definition) is 0. The Morgan fingerprint density at radius 1 is 0.938 bits per heavy atom. The van der Waals surface area contributed by atoms with E-state index in [1.165, 1.54) is 22.2 Å². The van der Waals surface area contributed by atoms with Gasteiger partial charge in [0.25, 0.3) is 0 Å². The van der Waals surface area contributed by atoms with Crippen LogP contribution in [0.1, 0.15) is 35.9 Å². The third-order valence-electron chi connectivity index (χ3n) is 5.85. The minimum absolute atomic E-state index is 0.798. The van der Waals surface area contributed by atoms with E-state index in [2.05, 4.69) is 82.2 Å². The highest BCUT2D eigenvalue weighted by Crippen LogP contribution is 2.28. The van der Waals surface area contributed by atoms with Gasteiger partial charge in [0.1, 0.15) is 12.2 Å². The molecule has 0 aliphatic heterocycles. The lowest BCUT2D eigenvalue weighted by Crippen LogP contribution is -2.06. The molecular weight excluding hydrogens is 398 g/mol. The molecule has 5 aromatic rings. The smallest absolute Gasteiger partial charge is 0.143 e. The summed E-state index contributed by atoms with van der Waals surface area (Å²) in [6.45, 7) is 7.31. The van der Waals surface area contributed by atoms with E-state index < -0.39 is 0 Å². The maximum atomic E-state index is 5.00. The fourth-order valence-corrected chi connectivity index (χ4v) is 4.22. The van der Waals surface area contributed by atoms with Crippen LogP contribution in [0.25, 0.3) is 27.8 Å². The number of aryl methyl sites for hydroxylation is 3. The van der Waals surface area contributed by atoms with Gasteiger partial charge in [-0.2, -0.15) is 4.68 Å². The quantitative estimate of drug-likeness (QED) is 0.396. The van der Waals surface area contributed by atoms with E-state index in [1.54, 1.807) is 23.4 Å². The number of imidazole rings is 1. The fourth-order valence-electron chi connectivity index (χ4n) is 4.22. The van der Waals surface area contributed by atoms with Crippen molar-refractivity contribution in [3.05, 3.63) is 83.7 Å². The van der Waals surface area contributed by atoms with Crippen LogP contribution in [-0.2, 0) is 13.0 Å². The molecule has 160 valence electrons. The van der Waals surface area contributed by atoms with Gasteiger partial charge >= 0.3 is 0 Å². The Labute approximate surface area is 186 Å². The van der Waals surface area contributed by atoms with Crippen LogP contribution in [0.5, 0.6) is 0 Å². The molecule has 0 saturated carbocycles. The third-order valence-corrected chi connectivity index (χ3v) is 5.85. The molecule has 0 N–H and O–H groups in total. The predicted molar refractivity (Wildman–Crippen MR) is 125 cm³/mol. The lowest BCUT2D eigenvalue weighted by Gasteiger charge is -2.12. The van der Waals surface area contributed by atoms with Gasteiger partial charge in [0.15, 0.2) is 0 Å². The third kappa shape index (κ3) is 3.56. The zero-order valence-electron chi connectivity index (χ0n) is 18.5. The SMILES string of the molecule is CCCc1nc2c(C)ccc(C)c2n1Cc1ccc(-c2ccncc2-n2cnnn2)cc1. The summed E-state index contributed by atoms with van der Waals surface area (Å²) in [5.74, 6) is 1.15. The lowest BCUT2D eigenvalue weighted by molar-refractivity contribution is 0.721. The van der Waals surface area contributed by atoms with Crippen molar-refractivity contribution in [3.63, 3.8) is 0 Å². The fraction of sp³-hybridized carbons (Fsp3) is 0.240. The van der Waals surface area contributed by atoms with Crippen LogP contribution in [0, 0.1) is 13.8 Å². The monoisotopic (exact) mass is 423 g/mol. The molecule has 0 saturated heterocycles. The first-order valence-corrected chi connectivity index (χ1v) is 10.9. The van der Waals surface area contributed by atoms with E-state index >= 15 is 0 Å². The summed E-state index contributed by atoms with van der Waals surface area (Å²) in [7, 11) is 0. The second-order valence-electron chi connectivity index (χ2n) is 8.10. The van der Waals surface area contributed by atoms with Crippen LogP contribution in [0.4, 0.5) is 0 Å². The van der Waals surface area contributed by atoms with Gasteiger partial charge in [-0.3, -0.25) is 4.98 Å². The molecule has 0 spiro atoms. The molecule has 0 aliphatic rings. The standard InChI is InChI=1S/C25H25N7/c1-4-5-23-28-24-17(2)6-7-18(3)25(24)31(23)15-19-8-10-20(11-9-19)21-12-13-26-14-22(21)32-16-27-29-30-32/h6-14,16H,4-5,15H2,1-3H3. The number of tetrazole rings is 1. The average Bonchev–Trinajstić information content (AvgIpc) is 3.47. The zero-order chi connectivity index (χ0) is 22.1. The van der Waals surface area contributed by atoms with Crippen molar-refractivity contribution in [2.75, 3.05) is 0 Å². The van der Waals surface area contributed by atoms with Gasteiger partial charge in [0.2, 0.25) is 0 Å². The highest BCUT2D eigenvalue weighted by molar-refractivity contribution is 5.83. The van der Waals surface area contributed by atoms with Gasteiger partial charge in [0.05, 0.1) is 22.9 Å². The highest BCUT2D eigenvalue weighted by Gasteiger charge is 2.15. The molecule has 0 radical (unpaired) electrons. The molecule has 5 rings (SSSR count). The van der Waals surface area contributed by atoms with Crippen molar-refractivity contribution in [3.8, 4) is 16.8 Å². The molecule has 32 heavy (non-hydrogen) atoms. The van der Waals surface area contributed by atoms with Crippen LogP contribution in [-0.4, -0.2) is 34.7 Å². The van der Waals surface area contributed by atoms with Crippen molar-refractivity contribution in [2.24, 2.45) is 0 Å². The van der Waals surface area contributed by atoms with Crippen molar-refractivity contribution in [1.82, 2.24) is 34.7 Å². The summed E-state index contributed by atoms with van der Waals surface area (Å²) in [5.41, 5.74) is 9.07. The van der Waals surface area contributed by atoms with Crippen LogP contribution >= 0.6 is 0 Å². The molecule has 2 aromatic carbocycles. The molecule has 0 bridgehead atoms. The number of nitrogens with zero attached hydrogens (tertiary/aromatic N) is 7. The highest BCUT2D eigenvalue weighted by atomic mass is 15.5. The molecule has 3 aromatic heterocycles. The van der Waals surface area contributed by atoms with E-state index in [0.29, 0.717) is 0 Å². The maximum absolute atomic E-state index is 5.00. The Morgan fingerprint density at radius 3 is 2.50 bits per heavy atom. The second kappa shape index (κ2) is 8.34. The van der Waals surface area contributed by atoms with Crippen LogP contribution in [0.2, 0.25) is 0 Å².